The van der Waals surface area contributed by atoms with Gasteiger partial charge in [-0.25, -0.2) is 0 Å². The largest absolute Gasteiger partial charge is 0.489 e. The second-order valence-electron chi connectivity index (χ2n) is 9.51. The van der Waals surface area contributed by atoms with Gasteiger partial charge in [0.15, 0.2) is 0 Å². The maximum Gasteiger partial charge on any atom is 0.489 e. The highest BCUT2D eigenvalue weighted by Gasteiger charge is 2.33. The minimum absolute atomic E-state index is 0. The Kier molecular flexibility index (Phi) is 12.8. The van der Waals surface area contributed by atoms with Gasteiger partial charge in [-0.3, -0.25) is 0 Å². The van der Waals surface area contributed by atoms with Crippen molar-refractivity contribution in [2.45, 2.75) is 19.8 Å². The Labute approximate surface area is 293 Å². The predicted molar refractivity (Wildman–Crippen MR) is 183 cm³/mol. The zero-order valence-electron chi connectivity index (χ0n) is 22.7. The molecule has 4 aromatic carbocycles. The SMILES string of the molecule is C.FC(F)(F)c1cc2cc(-c3ccccc3Cl)c(Cl)cc2[nH]1.FC(F)(F)c1cc2cc(Br)c(Cl)cc2[nH]1.OB(O)c1ccccc1Cl. The number of aromatic amines is 2. The van der Waals surface area contributed by atoms with E-state index in [0.29, 0.717) is 63.0 Å². The molecule has 0 bridgehead atoms. The molecule has 0 radical (unpaired) electrons. The van der Waals surface area contributed by atoms with Crippen LogP contribution in [0.3, 0.4) is 0 Å². The maximum atomic E-state index is 12.7. The fourth-order valence-electron chi connectivity index (χ4n) is 4.16. The van der Waals surface area contributed by atoms with E-state index < -0.39 is 30.9 Å². The highest BCUT2D eigenvalue weighted by Crippen LogP contribution is 2.38. The highest BCUT2D eigenvalue weighted by molar-refractivity contribution is 9.10. The summed E-state index contributed by atoms with van der Waals surface area (Å²) in [4.78, 5) is 4.60. The third kappa shape index (κ3) is 9.63. The molecule has 6 rings (SSSR count). The van der Waals surface area contributed by atoms with Gasteiger partial charge in [0.25, 0.3) is 0 Å². The van der Waals surface area contributed by atoms with Crippen molar-refractivity contribution in [2.24, 2.45) is 0 Å². The van der Waals surface area contributed by atoms with E-state index in [1.54, 1.807) is 60.7 Å². The number of alkyl halides is 6. The van der Waals surface area contributed by atoms with E-state index in [1.807, 2.05) is 0 Å². The van der Waals surface area contributed by atoms with Gasteiger partial charge in [-0.15, -0.1) is 0 Å². The Bertz CT molecular complexity index is 1960. The van der Waals surface area contributed by atoms with Gasteiger partial charge in [0.05, 0.1) is 10.0 Å². The van der Waals surface area contributed by atoms with Gasteiger partial charge in [0.2, 0.25) is 0 Å². The molecule has 4 N–H and O–H groups in total. The fraction of sp³-hybridized carbons (Fsp3) is 0.0968. The van der Waals surface area contributed by atoms with E-state index in [0.717, 1.165) is 12.1 Å². The molecule has 0 unspecified atom stereocenters. The number of rotatable bonds is 2. The van der Waals surface area contributed by atoms with E-state index in [-0.39, 0.29) is 7.43 Å². The summed E-state index contributed by atoms with van der Waals surface area (Å²) in [7, 11) is -1.48. The van der Waals surface area contributed by atoms with Crippen LogP contribution in [0.5, 0.6) is 0 Å². The van der Waals surface area contributed by atoms with Gasteiger partial charge in [-0.2, -0.15) is 26.3 Å². The minimum atomic E-state index is -4.42. The second kappa shape index (κ2) is 15.6. The van der Waals surface area contributed by atoms with Gasteiger partial charge >= 0.3 is 19.5 Å². The Balaban J connectivity index is 0.000000203. The number of benzene rings is 4. The standard InChI is InChI=1S/C15H8Cl2F3N.C9H4BrClF3N.C6H6BClO2.CH4/c16-11-4-2-1-3-9(11)10-5-8-6-14(15(18,19)20)21-13(8)7-12(10)17;10-5-1-4-2-8(9(12,13)14)15-7(4)3-6(5)11;8-6-4-2-1-3-5(6)7(9)10;/h1-7,21H;1-3,15H;1-4,9-10H;1H4. The van der Waals surface area contributed by atoms with Crippen LogP contribution in [0.4, 0.5) is 26.3 Å². The van der Waals surface area contributed by atoms with E-state index in [2.05, 4.69) is 25.9 Å². The molecule has 0 aliphatic carbocycles. The van der Waals surface area contributed by atoms with Crippen molar-refractivity contribution >= 4 is 96.7 Å². The number of nitrogens with one attached hydrogen (secondary N) is 2. The van der Waals surface area contributed by atoms with E-state index in [4.69, 9.17) is 56.5 Å². The van der Waals surface area contributed by atoms with Gasteiger partial charge in [0, 0.05) is 52.9 Å². The van der Waals surface area contributed by atoms with Crippen LogP contribution >= 0.6 is 62.3 Å². The summed E-state index contributed by atoms with van der Waals surface area (Å²) in [6.45, 7) is 0. The number of hydrogen-bond donors (Lipinski definition) is 4. The summed E-state index contributed by atoms with van der Waals surface area (Å²) < 4.78 is 75.8. The van der Waals surface area contributed by atoms with E-state index >= 15 is 0 Å². The van der Waals surface area contributed by atoms with Crippen molar-refractivity contribution in [1.29, 1.82) is 0 Å². The number of hydrogen-bond acceptors (Lipinski definition) is 2. The van der Waals surface area contributed by atoms with Crippen LogP contribution in [-0.4, -0.2) is 27.1 Å². The summed E-state index contributed by atoms with van der Waals surface area (Å²) in [5, 5.41) is 19.8. The Morgan fingerprint density at radius 3 is 1.51 bits per heavy atom. The molecule has 0 amide bonds. The number of H-pyrrole nitrogens is 2. The topological polar surface area (TPSA) is 72.0 Å². The van der Waals surface area contributed by atoms with Gasteiger partial charge in [-0.05, 0) is 64.5 Å². The zero-order chi connectivity index (χ0) is 34.0. The van der Waals surface area contributed by atoms with Crippen molar-refractivity contribution in [3.63, 3.8) is 0 Å². The molecule has 0 atom stereocenters. The first-order valence-electron chi connectivity index (χ1n) is 12.8. The lowest BCUT2D eigenvalue weighted by molar-refractivity contribution is -0.141. The number of aromatic nitrogens is 2. The summed E-state index contributed by atoms with van der Waals surface area (Å²) in [5.74, 6) is 0. The monoisotopic (exact) mass is 798 g/mol. The molecule has 2 aromatic heterocycles. The average molecular weight is 801 g/mol. The summed E-state index contributed by atoms with van der Waals surface area (Å²) in [6, 6.07) is 21.8. The maximum absolute atomic E-state index is 12.7. The van der Waals surface area contributed by atoms with Crippen LogP contribution in [-0.2, 0) is 12.4 Å². The molecule has 0 aliphatic rings. The molecule has 0 fully saturated rings. The molecule has 6 aromatic rings. The lowest BCUT2D eigenvalue weighted by atomic mass is 9.80. The van der Waals surface area contributed by atoms with Gasteiger partial charge < -0.3 is 20.0 Å². The van der Waals surface area contributed by atoms with Crippen molar-refractivity contribution in [1.82, 2.24) is 9.97 Å². The first kappa shape index (κ1) is 38.6. The highest BCUT2D eigenvalue weighted by atomic mass is 79.9. The normalized spacial score (nSPS) is 11.3. The fourth-order valence-corrected chi connectivity index (χ4v) is 5.42. The smallest absolute Gasteiger partial charge is 0.423 e. The summed E-state index contributed by atoms with van der Waals surface area (Å²) >= 11 is 26.8. The number of fused-ring (bicyclic) bond motifs is 2. The van der Waals surface area contributed by atoms with Crippen LogP contribution in [0.1, 0.15) is 18.8 Å². The first-order valence-corrected chi connectivity index (χ1v) is 15.1. The lowest BCUT2D eigenvalue weighted by Gasteiger charge is -2.07. The molecule has 0 aliphatic heterocycles. The van der Waals surface area contributed by atoms with E-state index in [9.17, 15) is 26.3 Å². The molecule has 0 spiro atoms. The Hall–Kier alpha value is -2.84. The van der Waals surface area contributed by atoms with Gasteiger partial charge in [-0.1, -0.05) is 90.2 Å². The number of halogens is 11. The van der Waals surface area contributed by atoms with Crippen LogP contribution in [0, 0.1) is 0 Å². The first-order chi connectivity index (χ1) is 21.5. The molecule has 47 heavy (non-hydrogen) atoms. The summed E-state index contributed by atoms with van der Waals surface area (Å²) in [6.07, 6.45) is -8.78. The molecular formula is C31H22BBrCl4F6N2O2. The van der Waals surface area contributed by atoms with Gasteiger partial charge in [0.1, 0.15) is 11.4 Å². The van der Waals surface area contributed by atoms with Crippen molar-refractivity contribution in [3.05, 3.63) is 121 Å². The molecular weight excluding hydrogens is 779 g/mol. The molecule has 248 valence electrons. The third-order valence-corrected chi connectivity index (χ3v) is 8.51. The van der Waals surface area contributed by atoms with Crippen molar-refractivity contribution in [2.75, 3.05) is 0 Å². The Morgan fingerprint density at radius 2 is 1.04 bits per heavy atom. The Morgan fingerprint density at radius 1 is 0.574 bits per heavy atom. The van der Waals surface area contributed by atoms with Crippen LogP contribution in [0.25, 0.3) is 32.9 Å². The predicted octanol–water partition coefficient (Wildman–Crippen LogP) is 11.4. The molecule has 4 nitrogen and oxygen atoms in total. The zero-order valence-corrected chi connectivity index (χ0v) is 27.3. The molecule has 2 heterocycles. The second-order valence-corrected chi connectivity index (χ2v) is 12.0. The van der Waals surface area contributed by atoms with Crippen molar-refractivity contribution < 1.29 is 36.4 Å². The molecule has 0 saturated heterocycles. The average Bonchev–Trinajstić information content (AvgIpc) is 3.58. The summed E-state index contributed by atoms with van der Waals surface area (Å²) in [5.41, 5.74) is 0.752. The molecule has 0 saturated carbocycles. The van der Waals surface area contributed by atoms with Crippen LogP contribution < -0.4 is 5.46 Å². The molecule has 16 heteroatoms. The van der Waals surface area contributed by atoms with Crippen LogP contribution in [0.15, 0.2) is 89.4 Å². The lowest BCUT2D eigenvalue weighted by Crippen LogP contribution is -2.30. The van der Waals surface area contributed by atoms with E-state index in [1.165, 1.54) is 12.1 Å². The van der Waals surface area contributed by atoms with Crippen molar-refractivity contribution in [3.8, 4) is 11.1 Å². The third-order valence-electron chi connectivity index (χ3n) is 6.33. The quantitative estimate of drug-likeness (QED) is 0.104. The minimum Gasteiger partial charge on any atom is -0.423 e. The van der Waals surface area contributed by atoms with Crippen LogP contribution in [0.2, 0.25) is 20.1 Å².